The van der Waals surface area contributed by atoms with Crippen molar-refractivity contribution in [3.8, 4) is 11.1 Å². The summed E-state index contributed by atoms with van der Waals surface area (Å²) >= 11 is 0. The van der Waals surface area contributed by atoms with E-state index in [-0.39, 0.29) is 17.9 Å². The molecule has 1 fully saturated rings. The summed E-state index contributed by atoms with van der Waals surface area (Å²) in [4.78, 5) is 28.3. The molecular formula is C35H35F3N4O2. The summed E-state index contributed by atoms with van der Waals surface area (Å²) in [6, 6.07) is 28.8. The number of nitrogens with zero attached hydrogens (tertiary/aromatic N) is 1. The van der Waals surface area contributed by atoms with Crippen LogP contribution in [0.15, 0.2) is 103 Å². The number of piperidine rings is 1. The zero-order valence-corrected chi connectivity index (χ0v) is 24.4. The van der Waals surface area contributed by atoms with Crippen LogP contribution >= 0.6 is 0 Å². The minimum Gasteiger partial charge on any atom is -0.371 e. The van der Waals surface area contributed by atoms with Crippen molar-refractivity contribution in [2.24, 2.45) is 0 Å². The van der Waals surface area contributed by atoms with Gasteiger partial charge >= 0.3 is 6.18 Å². The van der Waals surface area contributed by atoms with Gasteiger partial charge in [0, 0.05) is 42.6 Å². The van der Waals surface area contributed by atoms with Gasteiger partial charge in [-0.1, -0.05) is 60.7 Å². The lowest BCUT2D eigenvalue weighted by molar-refractivity contribution is -0.137. The van der Waals surface area contributed by atoms with Gasteiger partial charge in [0.15, 0.2) is 0 Å². The maximum Gasteiger partial charge on any atom is 0.416 e. The lowest BCUT2D eigenvalue weighted by atomic mass is 9.98. The molecule has 1 atom stereocenters. The monoisotopic (exact) mass is 600 g/mol. The summed E-state index contributed by atoms with van der Waals surface area (Å²) in [5, 5.41) is 9.41. The van der Waals surface area contributed by atoms with E-state index in [0.29, 0.717) is 28.9 Å². The van der Waals surface area contributed by atoms with Crippen LogP contribution in [0.4, 0.5) is 24.5 Å². The second-order valence-corrected chi connectivity index (χ2v) is 10.8. The Morgan fingerprint density at radius 2 is 1.48 bits per heavy atom. The van der Waals surface area contributed by atoms with Crippen molar-refractivity contribution >= 4 is 23.2 Å². The molecule has 2 amide bonds. The molecule has 0 radical (unpaired) electrons. The highest BCUT2D eigenvalue weighted by Gasteiger charge is 2.30. The van der Waals surface area contributed by atoms with Gasteiger partial charge in [-0.05, 0) is 78.9 Å². The number of halogens is 3. The van der Waals surface area contributed by atoms with E-state index in [0.717, 1.165) is 49.3 Å². The van der Waals surface area contributed by atoms with E-state index >= 15 is 0 Å². The number of carbonyl (C=O) groups excluding carboxylic acids is 2. The Morgan fingerprint density at radius 1 is 0.841 bits per heavy atom. The highest BCUT2D eigenvalue weighted by Crippen LogP contribution is 2.32. The molecule has 0 aromatic heterocycles. The molecule has 4 aromatic carbocycles. The molecule has 1 unspecified atom stereocenters. The van der Waals surface area contributed by atoms with E-state index in [1.54, 1.807) is 24.3 Å². The van der Waals surface area contributed by atoms with Crippen molar-refractivity contribution in [3.63, 3.8) is 0 Å². The van der Waals surface area contributed by atoms with E-state index in [4.69, 9.17) is 0 Å². The molecule has 228 valence electrons. The average molecular weight is 601 g/mol. The normalized spacial score (nSPS) is 14.6. The summed E-state index contributed by atoms with van der Waals surface area (Å²) in [6.45, 7) is 4.13. The summed E-state index contributed by atoms with van der Waals surface area (Å²) < 4.78 is 39.0. The molecule has 3 N–H and O–H groups in total. The number of benzene rings is 4. The Hall–Kier alpha value is -4.63. The molecule has 44 heavy (non-hydrogen) atoms. The average Bonchev–Trinajstić information content (AvgIpc) is 3.04. The number of carbonyl (C=O) groups is 2. The number of nitrogens with one attached hydrogen (secondary N) is 3. The standard InChI is InChI=1S/C35H35F3N4O2/c1-2-39-34(44)32(25-8-4-3-5-9-25)40-28-20-22-42(23-21-28)29-18-16-27(17-19-29)41-33(43)31-11-7-6-10-30(31)24-12-14-26(15-13-24)35(36,37)38/h3-19,28,32,40H,2,20-23H2,1H3,(H,39,44)(H,41,43). The SMILES string of the molecule is CCNC(=O)C(NC1CCN(c2ccc(NC(=O)c3ccccc3-c3ccc(C(F)(F)F)cc3)cc2)CC1)c1ccccc1. The summed E-state index contributed by atoms with van der Waals surface area (Å²) in [6.07, 6.45) is -2.67. The number of alkyl halides is 3. The van der Waals surface area contributed by atoms with Crippen molar-refractivity contribution in [2.45, 2.75) is 38.0 Å². The largest absolute Gasteiger partial charge is 0.416 e. The predicted octanol–water partition coefficient (Wildman–Crippen LogP) is 7.06. The molecule has 1 heterocycles. The first-order valence-electron chi connectivity index (χ1n) is 14.7. The molecule has 0 bridgehead atoms. The predicted molar refractivity (Wildman–Crippen MR) is 168 cm³/mol. The number of likely N-dealkylation sites (N-methyl/N-ethyl adjacent to an activating group) is 1. The Labute approximate surface area is 255 Å². The Balaban J connectivity index is 1.19. The van der Waals surface area contributed by atoms with Gasteiger partial charge < -0.3 is 15.5 Å². The Kier molecular flexibility index (Phi) is 9.65. The first kappa shape index (κ1) is 30.8. The molecule has 1 aliphatic heterocycles. The van der Waals surface area contributed by atoms with Crippen LogP contribution in [-0.2, 0) is 11.0 Å². The topological polar surface area (TPSA) is 73.5 Å². The lowest BCUT2D eigenvalue weighted by Gasteiger charge is -2.35. The van der Waals surface area contributed by atoms with Crippen LogP contribution in [0.5, 0.6) is 0 Å². The van der Waals surface area contributed by atoms with Crippen LogP contribution in [0.25, 0.3) is 11.1 Å². The van der Waals surface area contributed by atoms with Gasteiger partial charge in [-0.3, -0.25) is 14.9 Å². The first-order chi connectivity index (χ1) is 21.2. The number of hydrogen-bond acceptors (Lipinski definition) is 4. The molecule has 0 saturated carbocycles. The van der Waals surface area contributed by atoms with Crippen molar-refractivity contribution in [1.29, 1.82) is 0 Å². The molecule has 1 aliphatic rings. The zero-order chi connectivity index (χ0) is 31.1. The Bertz CT molecular complexity index is 1550. The quantitative estimate of drug-likeness (QED) is 0.192. The molecule has 0 aliphatic carbocycles. The van der Waals surface area contributed by atoms with Gasteiger partial charge in [0.25, 0.3) is 5.91 Å². The van der Waals surface area contributed by atoms with Gasteiger partial charge in [-0.25, -0.2) is 0 Å². The van der Waals surface area contributed by atoms with Crippen LogP contribution in [0.3, 0.4) is 0 Å². The summed E-state index contributed by atoms with van der Waals surface area (Å²) in [5.41, 5.74) is 3.30. The third kappa shape index (κ3) is 7.47. The third-order valence-electron chi connectivity index (χ3n) is 7.83. The maximum atomic E-state index is 13.2. The third-order valence-corrected chi connectivity index (χ3v) is 7.83. The molecule has 9 heteroatoms. The Morgan fingerprint density at radius 3 is 2.11 bits per heavy atom. The fourth-order valence-corrected chi connectivity index (χ4v) is 5.51. The van der Waals surface area contributed by atoms with Crippen LogP contribution in [0, 0.1) is 0 Å². The molecule has 4 aromatic rings. The van der Waals surface area contributed by atoms with E-state index in [1.165, 1.54) is 12.1 Å². The highest BCUT2D eigenvalue weighted by molar-refractivity contribution is 6.08. The fraction of sp³-hybridized carbons (Fsp3) is 0.257. The van der Waals surface area contributed by atoms with Crippen molar-refractivity contribution in [1.82, 2.24) is 10.6 Å². The zero-order valence-electron chi connectivity index (χ0n) is 24.4. The number of rotatable bonds is 9. The van der Waals surface area contributed by atoms with Crippen LogP contribution in [0.1, 0.15) is 47.3 Å². The van der Waals surface area contributed by atoms with E-state index in [1.807, 2.05) is 61.5 Å². The minimum absolute atomic E-state index is 0.0271. The van der Waals surface area contributed by atoms with Crippen LogP contribution in [-0.4, -0.2) is 37.5 Å². The van der Waals surface area contributed by atoms with Crippen molar-refractivity contribution in [3.05, 3.63) is 120 Å². The second kappa shape index (κ2) is 13.8. The van der Waals surface area contributed by atoms with Gasteiger partial charge in [0.2, 0.25) is 5.91 Å². The number of amides is 2. The molecule has 0 spiro atoms. The summed E-state index contributed by atoms with van der Waals surface area (Å²) in [7, 11) is 0. The van der Waals surface area contributed by atoms with Gasteiger partial charge in [-0.2, -0.15) is 13.2 Å². The van der Waals surface area contributed by atoms with Gasteiger partial charge in [0.1, 0.15) is 6.04 Å². The van der Waals surface area contributed by atoms with E-state index < -0.39 is 17.8 Å². The second-order valence-electron chi connectivity index (χ2n) is 10.8. The smallest absolute Gasteiger partial charge is 0.371 e. The van der Waals surface area contributed by atoms with Crippen LogP contribution < -0.4 is 20.9 Å². The molecule has 5 rings (SSSR count). The summed E-state index contributed by atoms with van der Waals surface area (Å²) in [5.74, 6) is -0.374. The lowest BCUT2D eigenvalue weighted by Crippen LogP contribution is -2.47. The molecular weight excluding hydrogens is 565 g/mol. The van der Waals surface area contributed by atoms with Gasteiger partial charge in [-0.15, -0.1) is 0 Å². The minimum atomic E-state index is -4.42. The number of anilines is 2. The van der Waals surface area contributed by atoms with Crippen molar-refractivity contribution in [2.75, 3.05) is 29.9 Å². The number of hydrogen-bond donors (Lipinski definition) is 3. The first-order valence-corrected chi connectivity index (χ1v) is 14.7. The van der Waals surface area contributed by atoms with E-state index in [9.17, 15) is 22.8 Å². The fourth-order valence-electron chi connectivity index (χ4n) is 5.51. The van der Waals surface area contributed by atoms with E-state index in [2.05, 4.69) is 20.9 Å². The highest BCUT2D eigenvalue weighted by atomic mass is 19.4. The van der Waals surface area contributed by atoms with Gasteiger partial charge in [0.05, 0.1) is 5.56 Å². The van der Waals surface area contributed by atoms with Crippen LogP contribution in [0.2, 0.25) is 0 Å². The van der Waals surface area contributed by atoms with Crippen molar-refractivity contribution < 1.29 is 22.8 Å². The molecule has 6 nitrogen and oxygen atoms in total. The maximum absolute atomic E-state index is 13.2. The molecule has 1 saturated heterocycles.